The largest absolute Gasteiger partial charge is 0.469 e. The molecule has 0 bridgehead atoms. The number of benzene rings is 1. The molecule has 1 heterocycles. The Morgan fingerprint density at radius 3 is 2.91 bits per heavy atom. The second kappa shape index (κ2) is 8.34. The van der Waals surface area contributed by atoms with Crippen LogP contribution in [0.5, 0.6) is 0 Å². The van der Waals surface area contributed by atoms with E-state index in [1.54, 1.807) is 0 Å². The number of ether oxygens (including phenoxy) is 2. The van der Waals surface area contributed by atoms with Gasteiger partial charge in [0.1, 0.15) is 0 Å². The predicted molar refractivity (Wildman–Crippen MR) is 87.1 cm³/mol. The lowest BCUT2D eigenvalue weighted by Gasteiger charge is -2.11. The number of fused-ring (bicyclic) bond motifs is 1. The van der Waals surface area contributed by atoms with Crippen LogP contribution in [0.2, 0.25) is 0 Å². The van der Waals surface area contributed by atoms with Crippen molar-refractivity contribution in [2.24, 2.45) is 0 Å². The number of rotatable bonds is 8. The Morgan fingerprint density at radius 1 is 1.32 bits per heavy atom. The highest BCUT2D eigenvalue weighted by Gasteiger charge is 2.09. The van der Waals surface area contributed by atoms with Crippen molar-refractivity contribution in [3.63, 3.8) is 0 Å². The molecule has 0 saturated carbocycles. The maximum atomic E-state index is 11.5. The zero-order valence-electron chi connectivity index (χ0n) is 13.1. The monoisotopic (exact) mass is 302 g/mol. The minimum atomic E-state index is -0.287. The van der Waals surface area contributed by atoms with Crippen molar-refractivity contribution < 1.29 is 14.3 Å². The first-order valence-corrected chi connectivity index (χ1v) is 7.51. The number of aromatic nitrogens is 1. The Bertz CT molecular complexity index is 628. The fourth-order valence-corrected chi connectivity index (χ4v) is 2.23. The smallest absolute Gasteiger partial charge is 0.311 e. The summed E-state index contributed by atoms with van der Waals surface area (Å²) in [6, 6.07) is 9.81. The van der Waals surface area contributed by atoms with Crippen molar-refractivity contribution in [3.8, 4) is 0 Å². The van der Waals surface area contributed by atoms with Crippen LogP contribution in [0.1, 0.15) is 19.0 Å². The van der Waals surface area contributed by atoms with E-state index in [4.69, 9.17) is 9.47 Å². The summed E-state index contributed by atoms with van der Waals surface area (Å²) in [4.78, 5) is 16.0. The van der Waals surface area contributed by atoms with Crippen LogP contribution in [0.4, 0.5) is 5.69 Å². The lowest BCUT2D eigenvalue weighted by atomic mass is 10.1. The van der Waals surface area contributed by atoms with Crippen LogP contribution in [0.15, 0.2) is 30.3 Å². The zero-order chi connectivity index (χ0) is 15.8. The maximum Gasteiger partial charge on any atom is 0.311 e. The Labute approximate surface area is 130 Å². The van der Waals surface area contributed by atoms with E-state index in [0.717, 1.165) is 42.8 Å². The minimum absolute atomic E-state index is 0.176. The van der Waals surface area contributed by atoms with Gasteiger partial charge in [0.2, 0.25) is 0 Å². The molecule has 1 aromatic carbocycles. The highest BCUT2D eigenvalue weighted by molar-refractivity contribution is 5.91. The van der Waals surface area contributed by atoms with Crippen molar-refractivity contribution in [1.82, 2.24) is 4.98 Å². The topological polar surface area (TPSA) is 60.5 Å². The third-order valence-corrected chi connectivity index (χ3v) is 3.31. The molecule has 22 heavy (non-hydrogen) atoms. The number of nitrogens with zero attached hydrogens (tertiary/aromatic N) is 1. The van der Waals surface area contributed by atoms with Gasteiger partial charge in [-0.15, -0.1) is 0 Å². The molecular formula is C17H22N2O3. The molecule has 0 aliphatic carbocycles. The summed E-state index contributed by atoms with van der Waals surface area (Å²) < 4.78 is 10.1. The van der Waals surface area contributed by atoms with Gasteiger partial charge in [-0.05, 0) is 25.5 Å². The molecule has 0 spiro atoms. The van der Waals surface area contributed by atoms with E-state index in [1.807, 2.05) is 37.3 Å². The molecule has 0 aliphatic rings. The molecule has 5 heteroatoms. The van der Waals surface area contributed by atoms with Crippen molar-refractivity contribution in [3.05, 3.63) is 36.0 Å². The van der Waals surface area contributed by atoms with E-state index < -0.39 is 0 Å². The molecule has 0 atom stereocenters. The van der Waals surface area contributed by atoms with Crippen LogP contribution in [-0.2, 0) is 20.7 Å². The number of nitrogens with one attached hydrogen (secondary N) is 1. The molecule has 1 N–H and O–H groups in total. The van der Waals surface area contributed by atoms with E-state index in [2.05, 4.69) is 10.3 Å². The standard InChI is InChI=1S/C17H22N2O3/c1-3-22-10-6-9-18-16-11-13(12-17(20)21-2)19-15-8-5-4-7-14(15)16/h4-5,7-8,11H,3,6,9-10,12H2,1-2H3,(H,18,19). The summed E-state index contributed by atoms with van der Waals surface area (Å²) >= 11 is 0. The van der Waals surface area contributed by atoms with Crippen LogP contribution in [0, 0.1) is 0 Å². The van der Waals surface area contributed by atoms with Crippen LogP contribution >= 0.6 is 0 Å². The average molecular weight is 302 g/mol. The Hall–Kier alpha value is -2.14. The van der Waals surface area contributed by atoms with E-state index in [1.165, 1.54) is 7.11 Å². The third-order valence-electron chi connectivity index (χ3n) is 3.31. The highest BCUT2D eigenvalue weighted by atomic mass is 16.5. The fraction of sp³-hybridized carbons (Fsp3) is 0.412. The average Bonchev–Trinajstić information content (AvgIpc) is 2.54. The van der Waals surface area contributed by atoms with Gasteiger partial charge in [-0.2, -0.15) is 0 Å². The Morgan fingerprint density at radius 2 is 2.14 bits per heavy atom. The number of para-hydroxylation sites is 1. The maximum absolute atomic E-state index is 11.5. The van der Waals surface area contributed by atoms with Crippen LogP contribution in [0.25, 0.3) is 10.9 Å². The molecule has 0 aliphatic heterocycles. The second-order valence-corrected chi connectivity index (χ2v) is 4.91. The van der Waals surface area contributed by atoms with E-state index in [-0.39, 0.29) is 12.4 Å². The van der Waals surface area contributed by atoms with E-state index in [9.17, 15) is 4.79 Å². The summed E-state index contributed by atoms with van der Waals surface area (Å²) in [7, 11) is 1.39. The molecule has 118 valence electrons. The lowest BCUT2D eigenvalue weighted by Crippen LogP contribution is -2.09. The van der Waals surface area contributed by atoms with Crippen molar-refractivity contribution in [2.45, 2.75) is 19.8 Å². The number of esters is 1. The van der Waals surface area contributed by atoms with Gasteiger partial charge in [0.25, 0.3) is 0 Å². The lowest BCUT2D eigenvalue weighted by molar-refractivity contribution is -0.139. The van der Waals surface area contributed by atoms with Crippen LogP contribution in [-0.4, -0.2) is 37.8 Å². The normalized spacial score (nSPS) is 10.6. The molecule has 2 rings (SSSR count). The number of carbonyl (C=O) groups excluding carboxylic acids is 1. The van der Waals surface area contributed by atoms with E-state index >= 15 is 0 Å². The molecule has 0 saturated heterocycles. The first kappa shape index (κ1) is 16.2. The molecule has 0 radical (unpaired) electrons. The van der Waals surface area contributed by atoms with Crippen LogP contribution in [0.3, 0.4) is 0 Å². The predicted octanol–water partition coefficient (Wildman–Crippen LogP) is 2.79. The third kappa shape index (κ3) is 4.43. The first-order valence-electron chi connectivity index (χ1n) is 7.51. The van der Waals surface area contributed by atoms with Gasteiger partial charge in [-0.3, -0.25) is 9.78 Å². The fourth-order valence-electron chi connectivity index (χ4n) is 2.23. The first-order chi connectivity index (χ1) is 10.7. The summed E-state index contributed by atoms with van der Waals surface area (Å²) in [5.41, 5.74) is 2.56. The van der Waals surface area contributed by atoms with Gasteiger partial charge in [0.15, 0.2) is 0 Å². The summed E-state index contributed by atoms with van der Waals surface area (Å²) in [5.74, 6) is -0.287. The number of methoxy groups -OCH3 is 1. The number of pyridine rings is 1. The zero-order valence-corrected chi connectivity index (χ0v) is 13.1. The number of hydrogen-bond donors (Lipinski definition) is 1. The number of carbonyl (C=O) groups is 1. The molecule has 0 unspecified atom stereocenters. The Kier molecular flexibility index (Phi) is 6.15. The quantitative estimate of drug-likeness (QED) is 0.600. The summed E-state index contributed by atoms with van der Waals surface area (Å²) in [5, 5.41) is 4.45. The molecular weight excluding hydrogens is 280 g/mol. The van der Waals surface area contributed by atoms with Gasteiger partial charge in [0, 0.05) is 30.8 Å². The molecule has 0 amide bonds. The van der Waals surface area contributed by atoms with Gasteiger partial charge in [-0.1, -0.05) is 18.2 Å². The molecule has 1 aromatic heterocycles. The Balaban J connectivity index is 2.16. The van der Waals surface area contributed by atoms with Gasteiger partial charge in [-0.25, -0.2) is 0 Å². The molecule has 2 aromatic rings. The minimum Gasteiger partial charge on any atom is -0.469 e. The van der Waals surface area contributed by atoms with Crippen LogP contribution < -0.4 is 5.32 Å². The van der Waals surface area contributed by atoms with E-state index in [0.29, 0.717) is 5.69 Å². The van der Waals surface area contributed by atoms with Crippen molar-refractivity contribution >= 4 is 22.6 Å². The summed E-state index contributed by atoms with van der Waals surface area (Å²) in [6.07, 6.45) is 1.10. The SMILES string of the molecule is CCOCCCNc1cc(CC(=O)OC)nc2ccccc12. The summed E-state index contributed by atoms with van der Waals surface area (Å²) in [6.45, 7) is 4.28. The van der Waals surface area contributed by atoms with Crippen molar-refractivity contribution in [2.75, 3.05) is 32.2 Å². The number of anilines is 1. The highest BCUT2D eigenvalue weighted by Crippen LogP contribution is 2.23. The van der Waals surface area contributed by atoms with Gasteiger partial charge >= 0.3 is 5.97 Å². The second-order valence-electron chi connectivity index (χ2n) is 4.91. The molecule has 5 nitrogen and oxygen atoms in total. The number of hydrogen-bond acceptors (Lipinski definition) is 5. The molecule has 0 fully saturated rings. The van der Waals surface area contributed by atoms with Crippen molar-refractivity contribution in [1.29, 1.82) is 0 Å². The van der Waals surface area contributed by atoms with Gasteiger partial charge in [0.05, 0.1) is 24.7 Å². The van der Waals surface area contributed by atoms with Gasteiger partial charge < -0.3 is 14.8 Å².